The van der Waals surface area contributed by atoms with Crippen LogP contribution in [0.3, 0.4) is 0 Å². The van der Waals surface area contributed by atoms with Crippen LogP contribution in [0, 0.1) is 0 Å². The molecule has 0 aliphatic carbocycles. The Morgan fingerprint density at radius 2 is 2.17 bits per heavy atom. The van der Waals surface area contributed by atoms with Crippen LogP contribution < -0.4 is 5.32 Å². The van der Waals surface area contributed by atoms with Crippen molar-refractivity contribution < 1.29 is 14.3 Å². The standard InChI is InChI=1S/C17H20N2O3S2/c1-2-3-8-18-16(20)9-22-17(21)14-6-4-5-7-15(14)24-11-13-10-23-12-19-13/h4-7,10,12H,2-3,8-9,11H2,1H3,(H,18,20). The largest absolute Gasteiger partial charge is 0.452 e. The quantitative estimate of drug-likeness (QED) is 0.419. The summed E-state index contributed by atoms with van der Waals surface area (Å²) in [6.45, 7) is 2.40. The van der Waals surface area contributed by atoms with Crippen LogP contribution in [0.2, 0.25) is 0 Å². The third kappa shape index (κ3) is 5.98. The van der Waals surface area contributed by atoms with Gasteiger partial charge in [-0.1, -0.05) is 25.5 Å². The number of nitrogens with zero attached hydrogens (tertiary/aromatic N) is 1. The minimum absolute atomic E-state index is 0.256. The zero-order valence-corrected chi connectivity index (χ0v) is 15.1. The van der Waals surface area contributed by atoms with Crippen LogP contribution >= 0.6 is 23.1 Å². The van der Waals surface area contributed by atoms with Gasteiger partial charge in [-0.3, -0.25) is 4.79 Å². The van der Waals surface area contributed by atoms with Crippen molar-refractivity contribution in [1.29, 1.82) is 0 Å². The van der Waals surface area contributed by atoms with Crippen molar-refractivity contribution in [2.75, 3.05) is 13.2 Å². The van der Waals surface area contributed by atoms with Gasteiger partial charge < -0.3 is 10.1 Å². The molecule has 1 N–H and O–H groups in total. The van der Waals surface area contributed by atoms with E-state index in [0.29, 0.717) is 17.9 Å². The van der Waals surface area contributed by atoms with Crippen molar-refractivity contribution in [3.8, 4) is 0 Å². The first-order valence-electron chi connectivity index (χ1n) is 7.73. The first-order chi connectivity index (χ1) is 11.7. The number of unbranched alkanes of at least 4 members (excludes halogenated alkanes) is 1. The molecule has 0 unspecified atom stereocenters. The molecule has 0 saturated heterocycles. The number of carbonyl (C=O) groups is 2. The number of ether oxygens (including phenoxy) is 1. The molecule has 0 fully saturated rings. The first kappa shape index (κ1) is 18.5. The Morgan fingerprint density at radius 1 is 1.33 bits per heavy atom. The summed E-state index contributed by atoms with van der Waals surface area (Å²) < 4.78 is 5.12. The molecule has 1 amide bonds. The van der Waals surface area contributed by atoms with Crippen molar-refractivity contribution >= 4 is 35.0 Å². The average Bonchev–Trinajstić information content (AvgIpc) is 3.12. The van der Waals surface area contributed by atoms with Crippen molar-refractivity contribution in [1.82, 2.24) is 10.3 Å². The van der Waals surface area contributed by atoms with Gasteiger partial charge in [0.05, 0.1) is 16.8 Å². The SMILES string of the molecule is CCCCNC(=O)COC(=O)c1ccccc1SCc1cscn1. The van der Waals surface area contributed by atoms with E-state index in [1.165, 1.54) is 11.8 Å². The van der Waals surface area contributed by atoms with Crippen molar-refractivity contribution in [3.63, 3.8) is 0 Å². The lowest BCUT2D eigenvalue weighted by Gasteiger charge is -2.09. The number of benzene rings is 1. The lowest BCUT2D eigenvalue weighted by Crippen LogP contribution is -2.29. The summed E-state index contributed by atoms with van der Waals surface area (Å²) in [6, 6.07) is 7.23. The minimum atomic E-state index is -0.484. The Bertz CT molecular complexity index is 660. The molecule has 0 saturated carbocycles. The van der Waals surface area contributed by atoms with E-state index in [9.17, 15) is 9.59 Å². The summed E-state index contributed by atoms with van der Waals surface area (Å²) in [5.74, 6) is -0.0721. The highest BCUT2D eigenvalue weighted by Gasteiger charge is 2.14. The maximum Gasteiger partial charge on any atom is 0.339 e. The molecule has 0 radical (unpaired) electrons. The molecule has 24 heavy (non-hydrogen) atoms. The molecule has 0 atom stereocenters. The van der Waals surface area contributed by atoms with Gasteiger partial charge in [-0.05, 0) is 18.6 Å². The highest BCUT2D eigenvalue weighted by molar-refractivity contribution is 7.98. The Morgan fingerprint density at radius 3 is 2.92 bits per heavy atom. The summed E-state index contributed by atoms with van der Waals surface area (Å²) in [6.07, 6.45) is 1.92. The van der Waals surface area contributed by atoms with E-state index in [-0.39, 0.29) is 12.5 Å². The highest BCUT2D eigenvalue weighted by Crippen LogP contribution is 2.26. The number of thioether (sulfide) groups is 1. The maximum atomic E-state index is 12.2. The van der Waals surface area contributed by atoms with Crippen LogP contribution in [-0.4, -0.2) is 30.0 Å². The number of rotatable bonds is 9. The molecular formula is C17H20N2O3S2. The van der Waals surface area contributed by atoms with Crippen LogP contribution in [0.25, 0.3) is 0 Å². The molecule has 0 aliphatic rings. The normalized spacial score (nSPS) is 10.4. The van der Waals surface area contributed by atoms with E-state index in [4.69, 9.17) is 4.74 Å². The predicted octanol–water partition coefficient (Wildman–Crippen LogP) is 3.51. The van der Waals surface area contributed by atoms with Crippen molar-refractivity contribution in [2.24, 2.45) is 0 Å². The smallest absolute Gasteiger partial charge is 0.339 e. The minimum Gasteiger partial charge on any atom is -0.452 e. The van der Waals surface area contributed by atoms with E-state index in [0.717, 1.165) is 23.4 Å². The molecule has 0 bridgehead atoms. The number of amides is 1. The van der Waals surface area contributed by atoms with Crippen LogP contribution in [0.5, 0.6) is 0 Å². The number of aromatic nitrogens is 1. The summed E-state index contributed by atoms with van der Waals surface area (Å²) in [7, 11) is 0. The molecule has 7 heteroatoms. The number of nitrogens with one attached hydrogen (secondary N) is 1. The maximum absolute atomic E-state index is 12.2. The van der Waals surface area contributed by atoms with E-state index in [1.807, 2.05) is 24.4 Å². The molecule has 0 aliphatic heterocycles. The second kappa shape index (κ2) is 10.1. The number of carbonyl (C=O) groups excluding carboxylic acids is 2. The van der Waals surface area contributed by atoms with E-state index in [2.05, 4.69) is 10.3 Å². The fraction of sp³-hybridized carbons (Fsp3) is 0.353. The van der Waals surface area contributed by atoms with Crippen LogP contribution in [0.15, 0.2) is 40.1 Å². The zero-order chi connectivity index (χ0) is 17.2. The van der Waals surface area contributed by atoms with E-state index >= 15 is 0 Å². The molecule has 128 valence electrons. The van der Waals surface area contributed by atoms with Gasteiger partial charge in [-0.25, -0.2) is 9.78 Å². The van der Waals surface area contributed by atoms with Gasteiger partial charge in [0, 0.05) is 22.6 Å². The lowest BCUT2D eigenvalue weighted by atomic mass is 10.2. The molecular weight excluding hydrogens is 344 g/mol. The highest BCUT2D eigenvalue weighted by atomic mass is 32.2. The second-order valence-corrected chi connectivity index (χ2v) is 6.78. The molecule has 1 aromatic heterocycles. The van der Waals surface area contributed by atoms with Crippen molar-refractivity contribution in [3.05, 3.63) is 46.4 Å². The number of hydrogen-bond donors (Lipinski definition) is 1. The summed E-state index contributed by atoms with van der Waals surface area (Å²) in [5.41, 5.74) is 3.23. The summed E-state index contributed by atoms with van der Waals surface area (Å²) in [5, 5.41) is 4.70. The van der Waals surface area contributed by atoms with Gasteiger partial charge in [-0.15, -0.1) is 23.1 Å². The molecule has 0 spiro atoms. The van der Waals surface area contributed by atoms with Crippen LogP contribution in [0.1, 0.15) is 35.8 Å². The third-order valence-corrected chi connectivity index (χ3v) is 4.90. The predicted molar refractivity (Wildman–Crippen MR) is 96.3 cm³/mol. The third-order valence-electron chi connectivity index (χ3n) is 3.15. The van der Waals surface area contributed by atoms with Crippen LogP contribution in [-0.2, 0) is 15.3 Å². The van der Waals surface area contributed by atoms with Gasteiger partial charge >= 0.3 is 5.97 Å². The topological polar surface area (TPSA) is 68.3 Å². The Hall–Kier alpha value is -1.86. The van der Waals surface area contributed by atoms with Gasteiger partial charge in [-0.2, -0.15) is 0 Å². The Kier molecular flexibility index (Phi) is 7.77. The number of hydrogen-bond acceptors (Lipinski definition) is 6. The Labute approximate surface area is 149 Å². The lowest BCUT2D eigenvalue weighted by molar-refractivity contribution is -0.124. The van der Waals surface area contributed by atoms with Gasteiger partial charge in [0.25, 0.3) is 5.91 Å². The average molecular weight is 364 g/mol. The summed E-state index contributed by atoms with van der Waals surface area (Å²) >= 11 is 3.07. The zero-order valence-electron chi connectivity index (χ0n) is 13.5. The first-order valence-corrected chi connectivity index (χ1v) is 9.66. The van der Waals surface area contributed by atoms with E-state index in [1.54, 1.807) is 29.0 Å². The molecule has 2 aromatic rings. The Balaban J connectivity index is 1.88. The fourth-order valence-electron chi connectivity index (χ4n) is 1.89. The van der Waals surface area contributed by atoms with Gasteiger partial charge in [0.2, 0.25) is 0 Å². The van der Waals surface area contributed by atoms with Gasteiger partial charge in [0.15, 0.2) is 6.61 Å². The molecule has 2 rings (SSSR count). The number of esters is 1. The van der Waals surface area contributed by atoms with Gasteiger partial charge in [0.1, 0.15) is 0 Å². The molecule has 5 nitrogen and oxygen atoms in total. The monoisotopic (exact) mass is 364 g/mol. The second-order valence-electron chi connectivity index (χ2n) is 5.04. The van der Waals surface area contributed by atoms with Crippen molar-refractivity contribution in [2.45, 2.75) is 30.4 Å². The molecule has 1 aromatic carbocycles. The summed E-state index contributed by atoms with van der Waals surface area (Å²) in [4.78, 5) is 28.9. The van der Waals surface area contributed by atoms with Crippen LogP contribution in [0.4, 0.5) is 0 Å². The van der Waals surface area contributed by atoms with E-state index < -0.39 is 5.97 Å². The fourth-order valence-corrected chi connectivity index (χ4v) is 3.49. The molecule has 1 heterocycles. The number of thiazole rings is 1.